The van der Waals surface area contributed by atoms with Crippen LogP contribution >= 0.6 is 0 Å². The summed E-state index contributed by atoms with van der Waals surface area (Å²) in [5.41, 5.74) is -1.15. The zero-order chi connectivity index (χ0) is 20.4. The van der Waals surface area contributed by atoms with Crippen LogP contribution in [-0.4, -0.2) is 49.2 Å². The van der Waals surface area contributed by atoms with E-state index in [9.17, 15) is 19.2 Å². The number of rotatable bonds is 9. The Kier molecular flexibility index (Phi) is 8.44. The third kappa shape index (κ3) is 5.80. The molecule has 0 aliphatic heterocycles. The number of carbonyl (C=O) groups excluding carboxylic acids is 4. The molecule has 1 rings (SSSR count). The van der Waals surface area contributed by atoms with Crippen LogP contribution in [0, 0.1) is 0 Å². The van der Waals surface area contributed by atoms with Gasteiger partial charge in [-0.3, -0.25) is 4.79 Å². The summed E-state index contributed by atoms with van der Waals surface area (Å²) < 4.78 is 14.9. The summed E-state index contributed by atoms with van der Waals surface area (Å²) in [6, 6.07) is 6.17. The Morgan fingerprint density at radius 3 is 1.74 bits per heavy atom. The van der Waals surface area contributed by atoms with Crippen LogP contribution in [0.5, 0.6) is 0 Å². The fourth-order valence-corrected chi connectivity index (χ4v) is 2.46. The summed E-state index contributed by atoms with van der Waals surface area (Å²) in [6.07, 6.45) is -0.187. The Bertz CT molecular complexity index is 664. The lowest BCUT2D eigenvalue weighted by molar-refractivity contribution is -0.168. The third-order valence-electron chi connectivity index (χ3n) is 3.57. The highest BCUT2D eigenvalue weighted by Crippen LogP contribution is 2.20. The van der Waals surface area contributed by atoms with Crippen LogP contribution in [0.25, 0.3) is 0 Å². The van der Waals surface area contributed by atoms with Gasteiger partial charge in [0.2, 0.25) is 11.4 Å². The maximum absolute atomic E-state index is 12.6. The molecule has 0 radical (unpaired) electrons. The van der Waals surface area contributed by atoms with Crippen LogP contribution in [0.1, 0.15) is 43.6 Å². The Morgan fingerprint density at radius 2 is 1.33 bits per heavy atom. The third-order valence-corrected chi connectivity index (χ3v) is 3.57. The predicted octanol–water partition coefficient (Wildman–Crippen LogP) is 1.41. The van der Waals surface area contributed by atoms with E-state index < -0.39 is 29.4 Å². The van der Waals surface area contributed by atoms with Gasteiger partial charge >= 0.3 is 17.9 Å². The van der Waals surface area contributed by atoms with Crippen LogP contribution in [0.3, 0.4) is 0 Å². The van der Waals surface area contributed by atoms with Gasteiger partial charge in [0.05, 0.1) is 25.4 Å². The van der Waals surface area contributed by atoms with E-state index in [1.165, 1.54) is 19.1 Å². The molecule has 0 heterocycles. The Balaban J connectivity index is 3.25. The molecule has 148 valence electrons. The number of carbonyl (C=O) groups is 4. The second kappa shape index (κ2) is 10.3. The molecule has 1 amide bonds. The van der Waals surface area contributed by atoms with E-state index >= 15 is 0 Å². The van der Waals surface area contributed by atoms with Gasteiger partial charge in [0.15, 0.2) is 0 Å². The number of ether oxygens (including phenoxy) is 3. The van der Waals surface area contributed by atoms with Gasteiger partial charge in [-0.05, 0) is 38.5 Å². The first-order valence-electron chi connectivity index (χ1n) is 8.69. The van der Waals surface area contributed by atoms with Crippen molar-refractivity contribution >= 4 is 23.8 Å². The lowest BCUT2D eigenvalue weighted by Gasteiger charge is -2.29. The van der Waals surface area contributed by atoms with E-state index in [4.69, 9.17) is 14.2 Å². The summed E-state index contributed by atoms with van der Waals surface area (Å²) >= 11 is 0. The van der Waals surface area contributed by atoms with Crippen molar-refractivity contribution in [3.63, 3.8) is 0 Å². The van der Waals surface area contributed by atoms with Gasteiger partial charge in [0.25, 0.3) is 0 Å². The highest BCUT2D eigenvalue weighted by molar-refractivity contribution is 6.08. The van der Waals surface area contributed by atoms with Crippen LogP contribution in [0.2, 0.25) is 0 Å². The molecule has 0 atom stereocenters. The average Bonchev–Trinajstić information content (AvgIpc) is 2.61. The van der Waals surface area contributed by atoms with Crippen molar-refractivity contribution in [3.05, 3.63) is 35.4 Å². The lowest BCUT2D eigenvalue weighted by Crippen LogP contribution is -2.62. The van der Waals surface area contributed by atoms with Gasteiger partial charge in [-0.2, -0.15) is 0 Å². The summed E-state index contributed by atoms with van der Waals surface area (Å²) in [7, 11) is 0. The van der Waals surface area contributed by atoms with E-state index in [-0.39, 0.29) is 26.2 Å². The van der Waals surface area contributed by atoms with Crippen molar-refractivity contribution in [2.75, 3.05) is 19.8 Å². The Hall–Kier alpha value is -2.90. The molecule has 0 bridgehead atoms. The van der Waals surface area contributed by atoms with E-state index in [0.717, 1.165) is 0 Å². The fourth-order valence-electron chi connectivity index (χ4n) is 2.46. The van der Waals surface area contributed by atoms with Gasteiger partial charge in [0, 0.05) is 13.3 Å². The molecule has 8 nitrogen and oxygen atoms in total. The van der Waals surface area contributed by atoms with E-state index in [0.29, 0.717) is 11.1 Å². The quantitative estimate of drug-likeness (QED) is 0.392. The Labute approximate surface area is 158 Å². The number of nitrogens with one attached hydrogen (secondary N) is 1. The minimum absolute atomic E-state index is 0.0291. The number of esters is 3. The van der Waals surface area contributed by atoms with Crippen molar-refractivity contribution in [1.29, 1.82) is 0 Å². The van der Waals surface area contributed by atoms with E-state index in [1.807, 2.05) is 0 Å². The molecule has 0 aliphatic rings. The molecule has 8 heteroatoms. The molecule has 0 saturated carbocycles. The fraction of sp³-hybridized carbons (Fsp3) is 0.474. The van der Waals surface area contributed by atoms with E-state index in [2.05, 4.69) is 5.32 Å². The van der Waals surface area contributed by atoms with Gasteiger partial charge in [0.1, 0.15) is 0 Å². The van der Waals surface area contributed by atoms with Crippen molar-refractivity contribution in [3.8, 4) is 0 Å². The summed E-state index contributed by atoms with van der Waals surface area (Å²) in [5, 5.41) is 2.39. The molecule has 0 aliphatic carbocycles. The molecule has 1 aromatic carbocycles. The van der Waals surface area contributed by atoms with E-state index in [1.54, 1.807) is 32.9 Å². The summed E-state index contributed by atoms with van der Waals surface area (Å²) in [4.78, 5) is 48.6. The number of amides is 1. The average molecular weight is 379 g/mol. The first-order valence-corrected chi connectivity index (χ1v) is 8.69. The number of benzene rings is 1. The number of hydrogen-bond donors (Lipinski definition) is 1. The number of hydrogen-bond acceptors (Lipinski definition) is 7. The lowest BCUT2D eigenvalue weighted by atomic mass is 9.90. The van der Waals surface area contributed by atoms with Crippen LogP contribution in [0.4, 0.5) is 0 Å². The molecule has 0 saturated heterocycles. The van der Waals surface area contributed by atoms with Gasteiger partial charge in [-0.25, -0.2) is 14.4 Å². The van der Waals surface area contributed by atoms with Crippen LogP contribution < -0.4 is 5.32 Å². The Morgan fingerprint density at radius 1 is 0.852 bits per heavy atom. The second-order valence-electron chi connectivity index (χ2n) is 5.62. The molecule has 0 fully saturated rings. The van der Waals surface area contributed by atoms with Crippen molar-refractivity contribution in [2.45, 2.75) is 39.7 Å². The van der Waals surface area contributed by atoms with Crippen molar-refractivity contribution in [2.24, 2.45) is 0 Å². The first kappa shape index (κ1) is 22.1. The first-order chi connectivity index (χ1) is 12.8. The van der Waals surface area contributed by atoms with Gasteiger partial charge in [-0.15, -0.1) is 0 Å². The van der Waals surface area contributed by atoms with Crippen LogP contribution in [0.15, 0.2) is 24.3 Å². The van der Waals surface area contributed by atoms with Crippen LogP contribution in [-0.2, 0) is 35.0 Å². The second-order valence-corrected chi connectivity index (χ2v) is 5.62. The highest BCUT2D eigenvalue weighted by Gasteiger charge is 2.50. The maximum Gasteiger partial charge on any atom is 0.344 e. The normalized spacial score (nSPS) is 10.7. The minimum Gasteiger partial charge on any atom is -0.464 e. The molecule has 0 unspecified atom stereocenters. The highest BCUT2D eigenvalue weighted by atomic mass is 16.6. The maximum atomic E-state index is 12.6. The summed E-state index contributed by atoms with van der Waals surface area (Å²) in [5.74, 6) is -2.88. The minimum atomic E-state index is -2.01. The van der Waals surface area contributed by atoms with Gasteiger partial charge < -0.3 is 19.5 Å². The molecular formula is C19H25NO7. The SMILES string of the molecule is CCOC(=O)c1ccc(CC(NC(C)=O)(C(=O)OCC)C(=O)OCC)cc1. The smallest absolute Gasteiger partial charge is 0.344 e. The molecule has 0 spiro atoms. The van der Waals surface area contributed by atoms with Crippen molar-refractivity contribution < 1.29 is 33.4 Å². The molecule has 1 aromatic rings. The molecule has 0 aromatic heterocycles. The zero-order valence-corrected chi connectivity index (χ0v) is 16.0. The standard InChI is InChI=1S/C19H25NO7/c1-5-25-16(22)15-10-8-14(9-11-15)12-19(20-13(4)21,17(23)26-6-2)18(24)27-7-3/h8-11H,5-7,12H2,1-4H3,(H,20,21). The summed E-state index contributed by atoms with van der Waals surface area (Å²) in [6.45, 7) is 6.38. The largest absolute Gasteiger partial charge is 0.464 e. The monoisotopic (exact) mass is 379 g/mol. The van der Waals surface area contributed by atoms with Gasteiger partial charge in [-0.1, -0.05) is 12.1 Å². The topological polar surface area (TPSA) is 108 Å². The molecular weight excluding hydrogens is 354 g/mol. The molecule has 1 N–H and O–H groups in total. The predicted molar refractivity (Wildman–Crippen MR) is 95.9 cm³/mol. The zero-order valence-electron chi connectivity index (χ0n) is 16.0. The van der Waals surface area contributed by atoms with Crippen molar-refractivity contribution in [1.82, 2.24) is 5.32 Å². The molecule has 27 heavy (non-hydrogen) atoms.